The van der Waals surface area contributed by atoms with Gasteiger partial charge >= 0.3 is 0 Å². The Morgan fingerprint density at radius 2 is 2.19 bits per heavy atom. The normalized spacial score (nSPS) is 21.4. The third-order valence-electron chi connectivity index (χ3n) is 7.13. The minimum absolute atomic E-state index is 0.246. The van der Waals surface area contributed by atoms with E-state index in [1.807, 2.05) is 22.8 Å². The predicted octanol–water partition coefficient (Wildman–Crippen LogP) is 5.12. The number of nitrogens with one attached hydrogen (secondary N) is 2. The lowest BCUT2D eigenvalue weighted by Gasteiger charge is -2.33. The molecule has 2 aliphatic heterocycles. The van der Waals surface area contributed by atoms with Gasteiger partial charge in [-0.3, -0.25) is 0 Å². The van der Waals surface area contributed by atoms with E-state index < -0.39 is 0 Å². The number of imidazole rings is 1. The van der Waals surface area contributed by atoms with Gasteiger partial charge < -0.3 is 19.6 Å². The van der Waals surface area contributed by atoms with Crippen molar-refractivity contribution in [2.24, 2.45) is 0 Å². The van der Waals surface area contributed by atoms with Crippen molar-refractivity contribution in [1.82, 2.24) is 34.8 Å². The summed E-state index contributed by atoms with van der Waals surface area (Å²) in [5.41, 5.74) is 6.51. The first-order valence-electron chi connectivity index (χ1n) is 12.8. The number of anilines is 2. The number of hydrogen-bond acceptors (Lipinski definition) is 7. The lowest BCUT2D eigenvalue weighted by Crippen LogP contribution is -2.43. The number of rotatable bonds is 6. The Morgan fingerprint density at radius 3 is 2.95 bits per heavy atom. The summed E-state index contributed by atoms with van der Waals surface area (Å²) in [5.74, 6) is 2.57. The summed E-state index contributed by atoms with van der Waals surface area (Å²) in [7, 11) is 1.65. The summed E-state index contributed by atoms with van der Waals surface area (Å²) >= 11 is 6.00. The van der Waals surface area contributed by atoms with Crippen molar-refractivity contribution in [2.45, 2.75) is 50.6 Å². The fraction of sp³-hybridized carbons (Fsp3) is 0.370. The molecule has 0 bridgehead atoms. The molecule has 1 aliphatic carbocycles. The number of hydrazine groups is 1. The Hall–Kier alpha value is -3.56. The Labute approximate surface area is 221 Å². The van der Waals surface area contributed by atoms with Crippen molar-refractivity contribution >= 4 is 23.2 Å². The maximum atomic E-state index is 6.00. The molecule has 3 aromatic rings. The average Bonchev–Trinajstić information content (AvgIpc) is 3.49. The van der Waals surface area contributed by atoms with Crippen LogP contribution in [0.1, 0.15) is 43.8 Å². The first-order valence-corrected chi connectivity index (χ1v) is 13.2. The number of halogens is 1. The molecule has 1 aromatic carbocycles. The molecule has 2 unspecified atom stereocenters. The van der Waals surface area contributed by atoms with Crippen LogP contribution in [0, 0.1) is 0 Å². The highest BCUT2D eigenvalue weighted by atomic mass is 35.5. The topological polar surface area (TPSA) is 85.1 Å². The Morgan fingerprint density at radius 1 is 1.24 bits per heavy atom. The second-order valence-electron chi connectivity index (χ2n) is 9.54. The van der Waals surface area contributed by atoms with E-state index in [9.17, 15) is 0 Å². The number of methoxy groups -OCH3 is 1. The van der Waals surface area contributed by atoms with Crippen LogP contribution in [0.5, 0.6) is 5.75 Å². The maximum Gasteiger partial charge on any atom is 0.246 e. The van der Waals surface area contributed by atoms with Gasteiger partial charge in [-0.05, 0) is 43.4 Å². The molecule has 2 atom stereocenters. The molecule has 0 saturated heterocycles. The molecular weight excluding hydrogens is 488 g/mol. The van der Waals surface area contributed by atoms with E-state index in [0.29, 0.717) is 22.9 Å². The SMILES string of the molecule is COc1cc(Nc2nc3n(n2)CCCCC3C2=CCC(N3C=CCCN3)C=C2)ccc1-n1cnc(Cl)c1. The van der Waals surface area contributed by atoms with Gasteiger partial charge in [0, 0.05) is 43.2 Å². The van der Waals surface area contributed by atoms with Gasteiger partial charge in [-0.2, -0.15) is 4.98 Å². The van der Waals surface area contributed by atoms with Crippen molar-refractivity contribution in [3.05, 3.63) is 77.8 Å². The summed E-state index contributed by atoms with van der Waals surface area (Å²) in [6.45, 7) is 1.87. The highest BCUT2D eigenvalue weighted by Crippen LogP contribution is 2.36. The molecule has 4 heterocycles. The van der Waals surface area contributed by atoms with E-state index in [2.05, 4.69) is 55.9 Å². The number of fused-ring (bicyclic) bond motifs is 1. The van der Waals surface area contributed by atoms with E-state index in [4.69, 9.17) is 26.4 Å². The van der Waals surface area contributed by atoms with Crippen LogP contribution in [0.3, 0.4) is 0 Å². The fourth-order valence-corrected chi connectivity index (χ4v) is 5.40. The summed E-state index contributed by atoms with van der Waals surface area (Å²) in [4.78, 5) is 9.06. The van der Waals surface area contributed by atoms with Gasteiger partial charge in [0.05, 0.1) is 18.8 Å². The first-order chi connectivity index (χ1) is 18.2. The number of ether oxygens (including phenoxy) is 1. The number of allylic oxidation sites excluding steroid dienone is 2. The lowest BCUT2D eigenvalue weighted by atomic mass is 9.88. The minimum Gasteiger partial charge on any atom is -0.494 e. The van der Waals surface area contributed by atoms with Crippen molar-refractivity contribution in [2.75, 3.05) is 19.0 Å². The molecule has 9 nitrogen and oxygen atoms in total. The van der Waals surface area contributed by atoms with Crippen LogP contribution in [-0.2, 0) is 6.54 Å². The molecule has 6 rings (SSSR count). The quantitative estimate of drug-likeness (QED) is 0.468. The van der Waals surface area contributed by atoms with E-state index in [1.165, 1.54) is 12.0 Å². The monoisotopic (exact) mass is 518 g/mol. The molecule has 192 valence electrons. The second kappa shape index (κ2) is 10.4. The van der Waals surface area contributed by atoms with Gasteiger partial charge in [-0.15, -0.1) is 5.10 Å². The van der Waals surface area contributed by atoms with Gasteiger partial charge in [0.1, 0.15) is 23.1 Å². The highest BCUT2D eigenvalue weighted by molar-refractivity contribution is 6.29. The zero-order valence-corrected chi connectivity index (χ0v) is 21.6. The van der Waals surface area contributed by atoms with E-state index in [1.54, 1.807) is 19.6 Å². The van der Waals surface area contributed by atoms with Crippen LogP contribution >= 0.6 is 11.6 Å². The summed E-state index contributed by atoms with van der Waals surface area (Å²) in [5, 5.41) is 10.8. The molecule has 0 saturated carbocycles. The number of aromatic nitrogens is 5. The minimum atomic E-state index is 0.246. The molecule has 0 fully saturated rings. The molecule has 2 N–H and O–H groups in total. The smallest absolute Gasteiger partial charge is 0.246 e. The number of aryl methyl sites for hydroxylation is 1. The summed E-state index contributed by atoms with van der Waals surface area (Å²) < 4.78 is 9.54. The van der Waals surface area contributed by atoms with Gasteiger partial charge in [0.25, 0.3) is 0 Å². The summed E-state index contributed by atoms with van der Waals surface area (Å²) in [6.07, 6.45) is 20.2. The van der Waals surface area contributed by atoms with Crippen LogP contribution in [0.4, 0.5) is 11.6 Å². The maximum absolute atomic E-state index is 6.00. The van der Waals surface area contributed by atoms with Crippen LogP contribution in [0.15, 0.2) is 66.8 Å². The number of nitrogens with zero attached hydrogens (tertiary/aromatic N) is 6. The van der Waals surface area contributed by atoms with Crippen LogP contribution < -0.4 is 15.5 Å². The van der Waals surface area contributed by atoms with Crippen LogP contribution in [0.2, 0.25) is 5.15 Å². The molecule has 3 aliphatic rings. The second-order valence-corrected chi connectivity index (χ2v) is 9.92. The van der Waals surface area contributed by atoms with Crippen LogP contribution in [0.25, 0.3) is 5.69 Å². The Kier molecular flexibility index (Phi) is 6.72. The third-order valence-corrected chi connectivity index (χ3v) is 7.32. The molecule has 0 amide bonds. The number of hydrogen-bond donors (Lipinski definition) is 2. The predicted molar refractivity (Wildman–Crippen MR) is 144 cm³/mol. The Balaban J connectivity index is 1.21. The molecule has 0 spiro atoms. The summed E-state index contributed by atoms with van der Waals surface area (Å²) in [6, 6.07) is 6.22. The molecule has 10 heteroatoms. The van der Waals surface area contributed by atoms with Crippen molar-refractivity contribution in [3.63, 3.8) is 0 Å². The molecule has 37 heavy (non-hydrogen) atoms. The largest absolute Gasteiger partial charge is 0.494 e. The third kappa shape index (κ3) is 5.01. The van der Waals surface area contributed by atoms with Crippen molar-refractivity contribution in [1.29, 1.82) is 0 Å². The van der Waals surface area contributed by atoms with Crippen molar-refractivity contribution in [3.8, 4) is 11.4 Å². The van der Waals surface area contributed by atoms with E-state index in [-0.39, 0.29) is 5.92 Å². The molecule has 0 radical (unpaired) electrons. The average molecular weight is 519 g/mol. The standard InChI is InChI=1S/C27H31ClN8O/c1-37-24-16-20(9-12-23(24)34-17-25(28)29-18-34)31-27-32-26-22(6-2-4-15-36(26)33-27)19-7-10-21(11-8-19)35-14-5-3-13-30-35/h5,7-10,12,14,16-18,21-22,30H,2-4,6,11,13,15H2,1H3,(H,31,33). The fourth-order valence-electron chi connectivity index (χ4n) is 5.25. The van der Waals surface area contributed by atoms with Crippen LogP contribution in [-0.4, -0.2) is 49.0 Å². The van der Waals surface area contributed by atoms with Gasteiger partial charge in [-0.1, -0.05) is 42.3 Å². The molecular formula is C27H31ClN8O. The van der Waals surface area contributed by atoms with Gasteiger partial charge in [-0.25, -0.2) is 15.1 Å². The van der Waals surface area contributed by atoms with Gasteiger partial charge in [0.2, 0.25) is 5.95 Å². The van der Waals surface area contributed by atoms with E-state index >= 15 is 0 Å². The lowest BCUT2D eigenvalue weighted by molar-refractivity contribution is 0.217. The Bertz CT molecular complexity index is 1360. The number of benzene rings is 1. The van der Waals surface area contributed by atoms with E-state index in [0.717, 1.165) is 56.0 Å². The zero-order valence-electron chi connectivity index (χ0n) is 20.8. The van der Waals surface area contributed by atoms with Gasteiger partial charge in [0.15, 0.2) is 0 Å². The first kappa shape index (κ1) is 23.8. The zero-order chi connectivity index (χ0) is 25.2. The van der Waals surface area contributed by atoms with Crippen molar-refractivity contribution < 1.29 is 4.74 Å². The molecule has 2 aromatic heterocycles. The highest BCUT2D eigenvalue weighted by Gasteiger charge is 2.27.